The SMILES string of the molecule is COc1ccc(NC(=O)C(=O)N/N=C\c2ccccc2OCC(=O)Nc2ccc(C)c(C)c2)cc1. The van der Waals surface area contributed by atoms with Gasteiger partial charge in [0.2, 0.25) is 0 Å². The molecule has 3 amide bonds. The van der Waals surface area contributed by atoms with Crippen molar-refractivity contribution in [2.45, 2.75) is 13.8 Å². The van der Waals surface area contributed by atoms with E-state index in [2.05, 4.69) is 21.2 Å². The summed E-state index contributed by atoms with van der Waals surface area (Å²) in [6.45, 7) is 3.76. The van der Waals surface area contributed by atoms with Crippen LogP contribution >= 0.6 is 0 Å². The Bertz CT molecular complexity index is 1240. The van der Waals surface area contributed by atoms with E-state index in [-0.39, 0.29) is 12.5 Å². The number of hydrazone groups is 1. The molecule has 0 atom stereocenters. The first-order valence-electron chi connectivity index (χ1n) is 10.7. The summed E-state index contributed by atoms with van der Waals surface area (Å²) in [5.41, 5.74) is 6.02. The molecular weight excluding hydrogens is 448 g/mol. The first-order chi connectivity index (χ1) is 16.9. The molecule has 0 heterocycles. The second kappa shape index (κ2) is 12.0. The molecule has 0 aliphatic carbocycles. The molecule has 0 saturated carbocycles. The van der Waals surface area contributed by atoms with Crippen molar-refractivity contribution >= 4 is 35.3 Å². The number of methoxy groups -OCH3 is 1. The Morgan fingerprint density at radius 2 is 1.57 bits per heavy atom. The minimum atomic E-state index is -0.941. The number of anilines is 2. The van der Waals surface area contributed by atoms with E-state index in [1.54, 1.807) is 48.5 Å². The van der Waals surface area contributed by atoms with Crippen molar-refractivity contribution in [2.24, 2.45) is 5.10 Å². The zero-order valence-corrected chi connectivity index (χ0v) is 19.6. The van der Waals surface area contributed by atoms with Crippen LogP contribution in [0.15, 0.2) is 71.8 Å². The molecule has 0 radical (unpaired) electrons. The van der Waals surface area contributed by atoms with Crippen LogP contribution in [0.5, 0.6) is 11.5 Å². The summed E-state index contributed by atoms with van der Waals surface area (Å²) in [7, 11) is 1.53. The summed E-state index contributed by atoms with van der Waals surface area (Å²) < 4.78 is 10.7. The van der Waals surface area contributed by atoms with Gasteiger partial charge in [0.15, 0.2) is 6.61 Å². The van der Waals surface area contributed by atoms with Gasteiger partial charge < -0.3 is 20.1 Å². The zero-order valence-electron chi connectivity index (χ0n) is 19.6. The van der Waals surface area contributed by atoms with Crippen LogP contribution in [0.25, 0.3) is 0 Å². The molecule has 9 nitrogen and oxygen atoms in total. The molecule has 180 valence electrons. The average molecular weight is 475 g/mol. The fourth-order valence-electron chi connectivity index (χ4n) is 2.95. The molecule has 0 unspecified atom stereocenters. The van der Waals surface area contributed by atoms with E-state index in [0.717, 1.165) is 11.1 Å². The fourth-order valence-corrected chi connectivity index (χ4v) is 2.95. The maximum Gasteiger partial charge on any atom is 0.329 e. The van der Waals surface area contributed by atoms with Gasteiger partial charge in [0.05, 0.1) is 13.3 Å². The summed E-state index contributed by atoms with van der Waals surface area (Å²) in [4.78, 5) is 36.4. The topological polar surface area (TPSA) is 118 Å². The van der Waals surface area contributed by atoms with Gasteiger partial charge in [-0.1, -0.05) is 18.2 Å². The van der Waals surface area contributed by atoms with E-state index in [1.807, 2.05) is 32.0 Å². The lowest BCUT2D eigenvalue weighted by Crippen LogP contribution is -2.32. The number of hydrogen-bond donors (Lipinski definition) is 3. The Kier molecular flexibility index (Phi) is 8.55. The summed E-state index contributed by atoms with van der Waals surface area (Å²) in [5, 5.41) is 9.07. The lowest BCUT2D eigenvalue weighted by molar-refractivity contribution is -0.136. The Morgan fingerprint density at radius 3 is 2.29 bits per heavy atom. The molecule has 3 aromatic carbocycles. The molecule has 0 aromatic heterocycles. The predicted molar refractivity (Wildman–Crippen MR) is 134 cm³/mol. The summed E-state index contributed by atoms with van der Waals surface area (Å²) in [6.07, 6.45) is 1.33. The van der Waals surface area contributed by atoms with E-state index in [1.165, 1.54) is 13.3 Å². The van der Waals surface area contributed by atoms with Crippen molar-refractivity contribution in [3.05, 3.63) is 83.4 Å². The van der Waals surface area contributed by atoms with Crippen molar-refractivity contribution in [3.63, 3.8) is 0 Å². The van der Waals surface area contributed by atoms with Crippen LogP contribution in [0.3, 0.4) is 0 Å². The lowest BCUT2D eigenvalue weighted by atomic mass is 10.1. The van der Waals surface area contributed by atoms with Crippen LogP contribution in [0.2, 0.25) is 0 Å². The number of nitrogens with zero attached hydrogens (tertiary/aromatic N) is 1. The highest BCUT2D eigenvalue weighted by Crippen LogP contribution is 2.17. The van der Waals surface area contributed by atoms with Gasteiger partial charge in [0.25, 0.3) is 5.91 Å². The monoisotopic (exact) mass is 474 g/mol. The largest absolute Gasteiger partial charge is 0.497 e. The van der Waals surface area contributed by atoms with Crippen molar-refractivity contribution in [1.29, 1.82) is 0 Å². The van der Waals surface area contributed by atoms with Crippen LogP contribution in [0, 0.1) is 13.8 Å². The molecule has 9 heteroatoms. The summed E-state index contributed by atoms with van der Waals surface area (Å²) >= 11 is 0. The number of nitrogens with one attached hydrogen (secondary N) is 3. The highest BCUT2D eigenvalue weighted by atomic mass is 16.5. The van der Waals surface area contributed by atoms with Crippen molar-refractivity contribution < 1.29 is 23.9 Å². The molecule has 3 N–H and O–H groups in total. The van der Waals surface area contributed by atoms with Crippen LogP contribution < -0.4 is 25.5 Å². The van der Waals surface area contributed by atoms with Gasteiger partial charge in [0.1, 0.15) is 11.5 Å². The van der Waals surface area contributed by atoms with Crippen LogP contribution in [0.1, 0.15) is 16.7 Å². The average Bonchev–Trinajstić information content (AvgIpc) is 2.86. The number of ether oxygens (including phenoxy) is 2. The molecule has 35 heavy (non-hydrogen) atoms. The molecule has 0 bridgehead atoms. The summed E-state index contributed by atoms with van der Waals surface area (Å²) in [5.74, 6) is -1.12. The van der Waals surface area contributed by atoms with E-state index in [4.69, 9.17) is 9.47 Å². The molecule has 3 aromatic rings. The van der Waals surface area contributed by atoms with E-state index < -0.39 is 11.8 Å². The molecular formula is C26H26N4O5. The quantitative estimate of drug-likeness (QED) is 0.263. The smallest absolute Gasteiger partial charge is 0.329 e. The van der Waals surface area contributed by atoms with Gasteiger partial charge in [-0.05, 0) is 73.5 Å². The number of benzene rings is 3. The van der Waals surface area contributed by atoms with Crippen LogP contribution in [-0.2, 0) is 14.4 Å². The molecule has 0 aliphatic heterocycles. The van der Waals surface area contributed by atoms with E-state index in [0.29, 0.717) is 28.4 Å². The van der Waals surface area contributed by atoms with Crippen molar-refractivity contribution in [2.75, 3.05) is 24.4 Å². The van der Waals surface area contributed by atoms with E-state index >= 15 is 0 Å². The minimum Gasteiger partial charge on any atom is -0.497 e. The second-order valence-electron chi connectivity index (χ2n) is 7.56. The van der Waals surface area contributed by atoms with E-state index in [9.17, 15) is 14.4 Å². The minimum absolute atomic E-state index is 0.214. The predicted octanol–water partition coefficient (Wildman–Crippen LogP) is 3.42. The Labute approximate surface area is 203 Å². The molecule has 0 fully saturated rings. The Morgan fingerprint density at radius 1 is 0.857 bits per heavy atom. The van der Waals surface area contributed by atoms with Crippen molar-refractivity contribution in [3.8, 4) is 11.5 Å². The first kappa shape index (κ1) is 25.0. The maximum absolute atomic E-state index is 12.3. The number of aryl methyl sites for hydroxylation is 2. The summed E-state index contributed by atoms with van der Waals surface area (Å²) in [6, 6.07) is 19.0. The highest BCUT2D eigenvalue weighted by Gasteiger charge is 2.13. The fraction of sp³-hybridized carbons (Fsp3) is 0.154. The Hall–Kier alpha value is -4.66. The third-order valence-corrected chi connectivity index (χ3v) is 4.99. The number of carbonyl (C=O) groups excluding carboxylic acids is 3. The number of rotatable bonds is 8. The third kappa shape index (κ3) is 7.43. The highest BCUT2D eigenvalue weighted by molar-refractivity contribution is 6.39. The number of carbonyl (C=O) groups is 3. The second-order valence-corrected chi connectivity index (χ2v) is 7.56. The Balaban J connectivity index is 1.52. The van der Waals surface area contributed by atoms with Gasteiger partial charge in [-0.25, -0.2) is 5.43 Å². The molecule has 0 saturated heterocycles. The van der Waals surface area contributed by atoms with Gasteiger partial charge in [0, 0.05) is 16.9 Å². The van der Waals surface area contributed by atoms with Crippen LogP contribution in [0.4, 0.5) is 11.4 Å². The maximum atomic E-state index is 12.3. The number of amides is 3. The third-order valence-electron chi connectivity index (χ3n) is 4.99. The normalized spacial score (nSPS) is 10.5. The van der Waals surface area contributed by atoms with Gasteiger partial charge in [-0.15, -0.1) is 0 Å². The lowest BCUT2D eigenvalue weighted by Gasteiger charge is -2.10. The van der Waals surface area contributed by atoms with Crippen molar-refractivity contribution in [1.82, 2.24) is 5.43 Å². The molecule has 3 rings (SSSR count). The standard InChI is InChI=1S/C26H26N4O5/c1-17-8-9-21(14-18(17)2)28-24(31)16-35-23-7-5-4-6-19(23)15-27-30-26(33)25(32)29-20-10-12-22(34-3)13-11-20/h4-15H,16H2,1-3H3,(H,28,31)(H,29,32)(H,30,33)/b27-15-. The van der Waals surface area contributed by atoms with Gasteiger partial charge >= 0.3 is 11.8 Å². The molecule has 0 spiro atoms. The number of para-hydroxylation sites is 1. The zero-order chi connectivity index (χ0) is 25.2. The number of hydrogen-bond acceptors (Lipinski definition) is 6. The first-order valence-corrected chi connectivity index (χ1v) is 10.7. The van der Waals surface area contributed by atoms with Gasteiger partial charge in [-0.2, -0.15) is 5.10 Å². The molecule has 0 aliphatic rings. The van der Waals surface area contributed by atoms with Crippen LogP contribution in [-0.4, -0.2) is 37.7 Å². The van der Waals surface area contributed by atoms with Gasteiger partial charge in [-0.3, -0.25) is 14.4 Å².